The first kappa shape index (κ1) is 31.3. The van der Waals surface area contributed by atoms with Crippen molar-refractivity contribution in [3.8, 4) is 5.75 Å². The molecule has 11 heteroatoms. The van der Waals surface area contributed by atoms with Gasteiger partial charge >= 0.3 is 0 Å². The van der Waals surface area contributed by atoms with Crippen LogP contribution in [0, 0.1) is 12.7 Å². The van der Waals surface area contributed by atoms with Crippen LogP contribution in [0.2, 0.25) is 5.02 Å². The Morgan fingerprint density at radius 3 is 2.45 bits per heavy atom. The van der Waals surface area contributed by atoms with Gasteiger partial charge in [0.15, 0.2) is 5.82 Å². The van der Waals surface area contributed by atoms with Gasteiger partial charge in [0.05, 0.1) is 22.9 Å². The van der Waals surface area contributed by atoms with E-state index in [9.17, 15) is 4.79 Å². The summed E-state index contributed by atoms with van der Waals surface area (Å²) in [5.74, 6) is -0.748. The molecule has 0 saturated carbocycles. The molecule has 2 atom stereocenters. The van der Waals surface area contributed by atoms with E-state index in [0.717, 1.165) is 5.56 Å². The van der Waals surface area contributed by atoms with Crippen LogP contribution in [-0.4, -0.2) is 26.4 Å². The van der Waals surface area contributed by atoms with Crippen LogP contribution >= 0.6 is 38.6 Å². The number of carbonyl (C=O) groups excluding carboxylic acids is 1. The number of anilines is 1. The van der Waals surface area contributed by atoms with Gasteiger partial charge in [0.25, 0.3) is 5.91 Å². The lowest BCUT2D eigenvalue weighted by atomic mass is 9.95. The molecule has 0 radical (unpaired) electrons. The molecule has 2 aromatic heterocycles. The number of nitrogens with one attached hydrogen (secondary N) is 1. The lowest BCUT2D eigenvalue weighted by Gasteiger charge is -2.23. The van der Waals surface area contributed by atoms with Crippen LogP contribution in [0.25, 0.3) is 5.52 Å². The number of hydrogen-bond donors (Lipinski definition) is 2. The molecular formula is C27H33ClFN5O2S2. The molecule has 0 aliphatic heterocycles. The number of nitrogens with zero attached hydrogens (tertiary/aromatic N) is 3. The van der Waals surface area contributed by atoms with Gasteiger partial charge in [0.1, 0.15) is 28.5 Å². The fourth-order valence-electron chi connectivity index (χ4n) is 4.32. The highest BCUT2D eigenvalue weighted by Crippen LogP contribution is 2.40. The molecule has 3 N–H and O–H groups in total. The van der Waals surface area contributed by atoms with Gasteiger partial charge in [0, 0.05) is 23.9 Å². The quantitative estimate of drug-likeness (QED) is 0.278. The van der Waals surface area contributed by atoms with Crippen LogP contribution in [0.15, 0.2) is 48.8 Å². The van der Waals surface area contributed by atoms with Gasteiger partial charge in [-0.1, -0.05) is 48.9 Å². The molecule has 2 heterocycles. The molecule has 7 nitrogen and oxygen atoms in total. The summed E-state index contributed by atoms with van der Waals surface area (Å²) in [7, 11) is 0. The molecule has 0 fully saturated rings. The van der Waals surface area contributed by atoms with Crippen molar-refractivity contribution in [1.29, 1.82) is 0 Å². The van der Waals surface area contributed by atoms with Gasteiger partial charge in [-0.3, -0.25) is 9.20 Å². The number of ether oxygens (including phenoxy) is 1. The predicted molar refractivity (Wildman–Crippen MR) is 160 cm³/mol. The third kappa shape index (κ3) is 6.03. The summed E-state index contributed by atoms with van der Waals surface area (Å²) < 4.78 is 23.4. The zero-order chi connectivity index (χ0) is 26.1. The van der Waals surface area contributed by atoms with E-state index in [-0.39, 0.29) is 55.5 Å². The van der Waals surface area contributed by atoms with Gasteiger partial charge < -0.3 is 15.8 Å². The maximum atomic E-state index is 15.5. The Balaban J connectivity index is 0.00000253. The minimum atomic E-state index is -0.835. The van der Waals surface area contributed by atoms with Crippen molar-refractivity contribution in [2.45, 2.75) is 52.7 Å². The number of halogens is 2. The van der Waals surface area contributed by atoms with E-state index in [1.54, 1.807) is 12.4 Å². The Bertz CT molecular complexity index is 1430. The highest BCUT2D eigenvalue weighted by molar-refractivity contribution is 7.59. The molecule has 1 amide bonds. The molecule has 2 aromatic carbocycles. The Labute approximate surface area is 240 Å². The summed E-state index contributed by atoms with van der Waals surface area (Å²) in [5.41, 5.74) is 8.67. The van der Waals surface area contributed by atoms with Crippen molar-refractivity contribution < 1.29 is 13.9 Å². The van der Waals surface area contributed by atoms with Crippen molar-refractivity contribution in [1.82, 2.24) is 19.7 Å². The number of amides is 1. The largest absolute Gasteiger partial charge is 0.490 e. The maximum absolute atomic E-state index is 15.5. The van der Waals surface area contributed by atoms with Gasteiger partial charge in [-0.05, 0) is 39.3 Å². The normalized spacial score (nSPS) is 12.4. The first-order valence-corrected chi connectivity index (χ1v) is 12.1. The van der Waals surface area contributed by atoms with Crippen LogP contribution in [0.5, 0.6) is 5.75 Å². The van der Waals surface area contributed by atoms with Gasteiger partial charge in [-0.25, -0.2) is 14.4 Å². The maximum Gasteiger partial charge on any atom is 0.258 e. The second-order valence-electron chi connectivity index (χ2n) is 9.05. The number of rotatable bonds is 7. The number of benzene rings is 2. The van der Waals surface area contributed by atoms with Crippen LogP contribution in [0.3, 0.4) is 0 Å². The zero-order valence-electron chi connectivity index (χ0n) is 21.8. The molecule has 0 spiro atoms. The van der Waals surface area contributed by atoms with Crippen LogP contribution in [0.4, 0.5) is 10.2 Å². The highest BCUT2D eigenvalue weighted by atomic mass is 35.5. The number of nitrogens with two attached hydrogens (primary N) is 1. The Kier molecular flexibility index (Phi) is 10.5. The second-order valence-corrected chi connectivity index (χ2v) is 9.45. The average molecular weight is 578 g/mol. The number of aromatic nitrogens is 3. The van der Waals surface area contributed by atoms with E-state index in [2.05, 4.69) is 10.3 Å². The Morgan fingerprint density at radius 1 is 1.16 bits per heavy atom. The molecule has 0 unspecified atom stereocenters. The van der Waals surface area contributed by atoms with Crippen LogP contribution in [0.1, 0.15) is 72.7 Å². The third-order valence-corrected chi connectivity index (χ3v) is 6.34. The third-order valence-electron chi connectivity index (χ3n) is 6.07. The Morgan fingerprint density at radius 2 is 1.82 bits per heavy atom. The van der Waals surface area contributed by atoms with Crippen molar-refractivity contribution in [2.75, 3.05) is 5.73 Å². The van der Waals surface area contributed by atoms with Gasteiger partial charge in [0.2, 0.25) is 0 Å². The average Bonchev–Trinajstić information content (AvgIpc) is 3.18. The van der Waals surface area contributed by atoms with Crippen molar-refractivity contribution in [3.63, 3.8) is 0 Å². The summed E-state index contributed by atoms with van der Waals surface area (Å²) in [4.78, 5) is 22.3. The number of aryl methyl sites for hydroxylation is 1. The molecule has 4 rings (SSSR count). The van der Waals surface area contributed by atoms with Gasteiger partial charge in [-0.2, -0.15) is 27.0 Å². The standard InChI is InChI=1S/C27H29ClFN5O2.2H2S/c1-14(2)36-24-19(15(3)26-32-17(5)23-25(30)31-11-12-34(23)26)13-20(28)22(29)21(24)27(35)33-16(4)18-9-7-6-8-10-18;;/h6-16H,1-5H3,(H2,30,31)(H,33,35);2*1H2/t15-,16-;;/m0../s1. The van der Waals surface area contributed by atoms with E-state index in [4.69, 9.17) is 27.1 Å². The van der Waals surface area contributed by atoms with E-state index < -0.39 is 17.6 Å². The molecule has 0 aliphatic rings. The number of carbonyl (C=O) groups is 1. The molecular weight excluding hydrogens is 545 g/mol. The molecule has 0 aliphatic carbocycles. The number of fused-ring (bicyclic) bond motifs is 1. The monoisotopic (exact) mass is 577 g/mol. The Hall–Kier alpha value is -2.95. The van der Waals surface area contributed by atoms with E-state index in [1.165, 1.54) is 6.07 Å². The van der Waals surface area contributed by atoms with E-state index in [0.29, 0.717) is 28.4 Å². The summed E-state index contributed by atoms with van der Waals surface area (Å²) in [6, 6.07) is 10.6. The molecule has 38 heavy (non-hydrogen) atoms. The van der Waals surface area contributed by atoms with Crippen molar-refractivity contribution >= 4 is 55.8 Å². The minimum Gasteiger partial charge on any atom is -0.490 e. The van der Waals surface area contributed by atoms with E-state index >= 15 is 4.39 Å². The number of nitrogen functional groups attached to an aromatic ring is 1. The first-order valence-electron chi connectivity index (χ1n) is 11.7. The summed E-state index contributed by atoms with van der Waals surface area (Å²) >= 11 is 6.34. The fourth-order valence-corrected chi connectivity index (χ4v) is 4.54. The van der Waals surface area contributed by atoms with Crippen molar-refractivity contribution in [3.05, 3.63) is 87.8 Å². The topological polar surface area (TPSA) is 94.5 Å². The lowest BCUT2D eigenvalue weighted by Crippen LogP contribution is -2.29. The SMILES string of the molecule is Cc1nc([C@@H](C)c2cc(Cl)c(F)c(C(=O)N[C@@H](C)c3ccccc3)c2OC(C)C)n2ccnc(N)c12.S.S. The summed E-state index contributed by atoms with van der Waals surface area (Å²) in [6.45, 7) is 9.21. The van der Waals surface area contributed by atoms with Crippen LogP contribution in [-0.2, 0) is 0 Å². The summed E-state index contributed by atoms with van der Waals surface area (Å²) in [6.07, 6.45) is 3.03. The minimum absolute atomic E-state index is 0. The van der Waals surface area contributed by atoms with E-state index in [1.807, 2.05) is 69.4 Å². The van der Waals surface area contributed by atoms with Gasteiger partial charge in [-0.15, -0.1) is 0 Å². The fraction of sp³-hybridized carbons (Fsp3) is 0.296. The number of imidazole rings is 1. The molecule has 4 aromatic rings. The smallest absolute Gasteiger partial charge is 0.258 e. The number of hydrogen-bond acceptors (Lipinski definition) is 5. The molecule has 0 bridgehead atoms. The first-order chi connectivity index (χ1) is 17.1. The molecule has 204 valence electrons. The van der Waals surface area contributed by atoms with Crippen LogP contribution < -0.4 is 15.8 Å². The summed E-state index contributed by atoms with van der Waals surface area (Å²) in [5, 5.41) is 2.70. The van der Waals surface area contributed by atoms with Crippen molar-refractivity contribution in [2.24, 2.45) is 0 Å². The second kappa shape index (κ2) is 12.7. The highest BCUT2D eigenvalue weighted by Gasteiger charge is 2.30. The lowest BCUT2D eigenvalue weighted by molar-refractivity contribution is 0.0929. The molecule has 0 saturated heterocycles. The predicted octanol–water partition coefficient (Wildman–Crippen LogP) is 6.07. The zero-order valence-corrected chi connectivity index (χ0v) is 24.6.